The molecule has 1 N–H and O–H groups in total. The highest BCUT2D eigenvalue weighted by Crippen LogP contribution is 2.28. The van der Waals surface area contributed by atoms with Crippen molar-refractivity contribution in [2.75, 3.05) is 18.1 Å². The molecule has 3 nitrogen and oxygen atoms in total. The quantitative estimate of drug-likeness (QED) is 0.917. The summed E-state index contributed by atoms with van der Waals surface area (Å²) >= 11 is 0. The summed E-state index contributed by atoms with van der Waals surface area (Å²) < 4.78 is 23.1. The van der Waals surface area contributed by atoms with Crippen molar-refractivity contribution in [2.45, 2.75) is 26.7 Å². The lowest BCUT2D eigenvalue weighted by Gasteiger charge is -2.20. The predicted octanol–water partition coefficient (Wildman–Crippen LogP) is 1.89. The molecule has 0 spiro atoms. The standard InChI is InChI=1S/C15H22O3S/c1-11-3-4-13(7-12(11)2)8-15(9-16)14-5-6-19(17,18)10-14/h3-4,7,14-16H,5-6,8-10H2,1-2H3. The fraction of sp³-hybridized carbons (Fsp3) is 0.600. The molecule has 1 aliphatic heterocycles. The second-order valence-corrected chi connectivity index (χ2v) is 7.96. The minimum absolute atomic E-state index is 0.0550. The van der Waals surface area contributed by atoms with E-state index in [0.29, 0.717) is 6.42 Å². The first-order valence-electron chi connectivity index (χ1n) is 6.78. The number of hydrogen-bond donors (Lipinski definition) is 1. The summed E-state index contributed by atoms with van der Waals surface area (Å²) in [6.45, 7) is 4.21. The Labute approximate surface area is 115 Å². The Morgan fingerprint density at radius 3 is 2.58 bits per heavy atom. The summed E-state index contributed by atoms with van der Waals surface area (Å²) in [5.74, 6) is 0.681. The van der Waals surface area contributed by atoms with E-state index >= 15 is 0 Å². The normalized spacial score (nSPS) is 23.4. The van der Waals surface area contributed by atoms with Crippen LogP contribution in [0.15, 0.2) is 18.2 Å². The van der Waals surface area contributed by atoms with Gasteiger partial charge in [0.15, 0.2) is 9.84 Å². The molecule has 2 unspecified atom stereocenters. The summed E-state index contributed by atoms with van der Waals surface area (Å²) in [5, 5.41) is 9.55. The maximum absolute atomic E-state index is 11.5. The smallest absolute Gasteiger partial charge is 0.150 e. The predicted molar refractivity (Wildman–Crippen MR) is 77.0 cm³/mol. The van der Waals surface area contributed by atoms with Gasteiger partial charge < -0.3 is 5.11 Å². The number of aliphatic hydroxyl groups is 1. The highest BCUT2D eigenvalue weighted by atomic mass is 32.2. The molecule has 0 aromatic heterocycles. The number of aliphatic hydroxyl groups excluding tert-OH is 1. The van der Waals surface area contributed by atoms with Gasteiger partial charge in [0, 0.05) is 6.61 Å². The monoisotopic (exact) mass is 282 g/mol. The Morgan fingerprint density at radius 2 is 2.05 bits per heavy atom. The van der Waals surface area contributed by atoms with Crippen molar-refractivity contribution in [3.05, 3.63) is 34.9 Å². The zero-order valence-corrected chi connectivity index (χ0v) is 12.4. The van der Waals surface area contributed by atoms with Crippen LogP contribution in [-0.2, 0) is 16.3 Å². The maximum atomic E-state index is 11.5. The first-order valence-corrected chi connectivity index (χ1v) is 8.61. The highest BCUT2D eigenvalue weighted by Gasteiger charge is 2.33. The number of hydrogen-bond acceptors (Lipinski definition) is 3. The summed E-state index contributed by atoms with van der Waals surface area (Å²) in [4.78, 5) is 0. The molecule has 1 saturated heterocycles. The third-order valence-corrected chi connectivity index (χ3v) is 6.03. The van der Waals surface area contributed by atoms with Gasteiger partial charge in [0.25, 0.3) is 0 Å². The molecule has 4 heteroatoms. The van der Waals surface area contributed by atoms with Crippen molar-refractivity contribution in [2.24, 2.45) is 11.8 Å². The lowest BCUT2D eigenvalue weighted by molar-refractivity contribution is 0.184. The molecule has 0 amide bonds. The zero-order chi connectivity index (χ0) is 14.0. The van der Waals surface area contributed by atoms with E-state index in [1.807, 2.05) is 0 Å². The Hall–Kier alpha value is -0.870. The molecule has 2 atom stereocenters. The van der Waals surface area contributed by atoms with Crippen molar-refractivity contribution in [1.29, 1.82) is 0 Å². The van der Waals surface area contributed by atoms with Crippen LogP contribution in [0.5, 0.6) is 0 Å². The van der Waals surface area contributed by atoms with Crippen molar-refractivity contribution in [3.8, 4) is 0 Å². The van der Waals surface area contributed by atoms with E-state index in [1.165, 1.54) is 16.7 Å². The SMILES string of the molecule is Cc1ccc(CC(CO)C2CCS(=O)(=O)C2)cc1C. The second kappa shape index (κ2) is 5.63. The largest absolute Gasteiger partial charge is 0.396 e. The van der Waals surface area contributed by atoms with Crippen molar-refractivity contribution in [3.63, 3.8) is 0 Å². The Bertz CT molecular complexity index is 549. The Balaban J connectivity index is 2.09. The molecule has 19 heavy (non-hydrogen) atoms. The minimum Gasteiger partial charge on any atom is -0.396 e. The lowest BCUT2D eigenvalue weighted by atomic mass is 9.86. The van der Waals surface area contributed by atoms with Gasteiger partial charge in [0.05, 0.1) is 11.5 Å². The van der Waals surface area contributed by atoms with E-state index in [1.54, 1.807) is 0 Å². The summed E-state index contributed by atoms with van der Waals surface area (Å²) in [5.41, 5.74) is 3.69. The Morgan fingerprint density at radius 1 is 1.32 bits per heavy atom. The fourth-order valence-corrected chi connectivity index (χ4v) is 4.73. The molecular formula is C15H22O3S. The van der Waals surface area contributed by atoms with Crippen LogP contribution in [0.1, 0.15) is 23.1 Å². The lowest BCUT2D eigenvalue weighted by Crippen LogP contribution is -2.22. The van der Waals surface area contributed by atoms with Crippen molar-refractivity contribution in [1.82, 2.24) is 0 Å². The summed E-state index contributed by atoms with van der Waals surface area (Å²) in [7, 11) is -2.87. The van der Waals surface area contributed by atoms with E-state index in [-0.39, 0.29) is 29.9 Å². The molecule has 2 rings (SSSR count). The van der Waals surface area contributed by atoms with Crippen LogP contribution >= 0.6 is 0 Å². The van der Waals surface area contributed by atoms with E-state index in [0.717, 1.165) is 6.42 Å². The molecule has 1 aromatic carbocycles. The molecular weight excluding hydrogens is 260 g/mol. The number of sulfone groups is 1. The molecule has 1 aromatic rings. The number of benzene rings is 1. The van der Waals surface area contributed by atoms with Crippen LogP contribution in [-0.4, -0.2) is 31.6 Å². The van der Waals surface area contributed by atoms with Crippen LogP contribution in [0.25, 0.3) is 0 Å². The molecule has 1 aliphatic rings. The zero-order valence-electron chi connectivity index (χ0n) is 11.6. The highest BCUT2D eigenvalue weighted by molar-refractivity contribution is 7.91. The maximum Gasteiger partial charge on any atom is 0.150 e. The first kappa shape index (κ1) is 14.5. The van der Waals surface area contributed by atoms with Gasteiger partial charge in [0.2, 0.25) is 0 Å². The van der Waals surface area contributed by atoms with Crippen molar-refractivity contribution >= 4 is 9.84 Å². The third kappa shape index (κ3) is 3.57. The average Bonchev–Trinajstić information content (AvgIpc) is 2.71. The number of rotatable bonds is 4. The van der Waals surface area contributed by atoms with Crippen LogP contribution in [0.3, 0.4) is 0 Å². The van der Waals surface area contributed by atoms with Crippen LogP contribution < -0.4 is 0 Å². The fourth-order valence-electron chi connectivity index (χ4n) is 2.81. The molecule has 106 valence electrons. The van der Waals surface area contributed by atoms with Gasteiger partial charge in [-0.2, -0.15) is 0 Å². The minimum atomic E-state index is -2.87. The molecule has 1 heterocycles. The van der Waals surface area contributed by atoms with Gasteiger partial charge in [-0.15, -0.1) is 0 Å². The first-order chi connectivity index (χ1) is 8.91. The van der Waals surface area contributed by atoms with Gasteiger partial charge in [-0.05, 0) is 55.2 Å². The van der Waals surface area contributed by atoms with Gasteiger partial charge in [0.1, 0.15) is 0 Å². The average molecular weight is 282 g/mol. The molecule has 1 fully saturated rings. The van der Waals surface area contributed by atoms with E-state index in [2.05, 4.69) is 32.0 Å². The summed E-state index contributed by atoms with van der Waals surface area (Å²) in [6.07, 6.45) is 1.45. The molecule has 0 radical (unpaired) electrons. The van der Waals surface area contributed by atoms with Gasteiger partial charge in [-0.1, -0.05) is 18.2 Å². The van der Waals surface area contributed by atoms with Crippen LogP contribution in [0, 0.1) is 25.7 Å². The van der Waals surface area contributed by atoms with Gasteiger partial charge in [-0.3, -0.25) is 0 Å². The third-order valence-electron chi connectivity index (χ3n) is 4.24. The van der Waals surface area contributed by atoms with E-state index in [9.17, 15) is 13.5 Å². The van der Waals surface area contributed by atoms with E-state index in [4.69, 9.17) is 0 Å². The van der Waals surface area contributed by atoms with Gasteiger partial charge in [-0.25, -0.2) is 8.42 Å². The second-order valence-electron chi connectivity index (χ2n) is 5.73. The van der Waals surface area contributed by atoms with Crippen LogP contribution in [0.2, 0.25) is 0 Å². The van der Waals surface area contributed by atoms with Crippen molar-refractivity contribution < 1.29 is 13.5 Å². The molecule has 0 saturated carbocycles. The topological polar surface area (TPSA) is 54.4 Å². The number of aryl methyl sites for hydroxylation is 2. The molecule has 0 bridgehead atoms. The van der Waals surface area contributed by atoms with Crippen LogP contribution in [0.4, 0.5) is 0 Å². The van der Waals surface area contributed by atoms with E-state index < -0.39 is 9.84 Å². The molecule has 0 aliphatic carbocycles. The Kier molecular flexibility index (Phi) is 4.31. The van der Waals surface area contributed by atoms with Gasteiger partial charge >= 0.3 is 0 Å². The summed E-state index contributed by atoms with van der Waals surface area (Å²) in [6, 6.07) is 6.31.